The predicted molar refractivity (Wildman–Crippen MR) is 88.5 cm³/mol. The van der Waals surface area contributed by atoms with Gasteiger partial charge < -0.3 is 10.2 Å². The molecule has 4 heteroatoms. The van der Waals surface area contributed by atoms with Crippen LogP contribution < -0.4 is 0 Å². The molecule has 1 aliphatic carbocycles. The van der Waals surface area contributed by atoms with Gasteiger partial charge in [0.15, 0.2) is 0 Å². The highest BCUT2D eigenvalue weighted by Crippen LogP contribution is 2.46. The first kappa shape index (κ1) is 19.4. The third kappa shape index (κ3) is 7.85. The first-order valence-corrected chi connectivity index (χ1v) is 6.79. The zero-order valence-corrected chi connectivity index (χ0v) is 12.6. The minimum Gasteiger partial charge on any atom is -0.481 e. The topological polar surface area (TPSA) is 74.6 Å². The van der Waals surface area contributed by atoms with E-state index in [-0.39, 0.29) is 6.42 Å². The van der Waals surface area contributed by atoms with Crippen molar-refractivity contribution in [3.63, 3.8) is 0 Å². The fraction of sp³-hybridized carbons (Fsp3) is 0.222. The number of carboxylic acids is 2. The first-order chi connectivity index (χ1) is 10.4. The fourth-order valence-corrected chi connectivity index (χ4v) is 1.35. The van der Waals surface area contributed by atoms with E-state index in [4.69, 9.17) is 10.2 Å². The van der Waals surface area contributed by atoms with Gasteiger partial charge in [-0.1, -0.05) is 55.1 Å². The number of hydrogen-bond donors (Lipinski definition) is 2. The molecule has 1 fully saturated rings. The molecule has 118 valence electrons. The number of hydrogen-bond acceptors (Lipinski definition) is 2. The molecule has 0 aromatic heterocycles. The zero-order valence-electron chi connectivity index (χ0n) is 12.6. The third-order valence-electron chi connectivity index (χ3n) is 2.96. The van der Waals surface area contributed by atoms with Crippen LogP contribution in [0.2, 0.25) is 0 Å². The summed E-state index contributed by atoms with van der Waals surface area (Å²) in [6.45, 7) is 10.3. The summed E-state index contributed by atoms with van der Waals surface area (Å²) in [6.07, 6.45) is 6.30. The Bertz CT molecular complexity index is 513. The van der Waals surface area contributed by atoms with Crippen molar-refractivity contribution >= 4 is 18.0 Å². The molecule has 0 spiro atoms. The molecule has 2 rings (SSSR count). The van der Waals surface area contributed by atoms with Crippen LogP contribution in [0.3, 0.4) is 0 Å². The summed E-state index contributed by atoms with van der Waals surface area (Å²) >= 11 is 0. The van der Waals surface area contributed by atoms with Crippen molar-refractivity contribution < 1.29 is 19.8 Å². The van der Waals surface area contributed by atoms with Gasteiger partial charge in [-0.3, -0.25) is 9.59 Å². The maximum Gasteiger partial charge on any atom is 0.313 e. The molecule has 1 aliphatic rings. The van der Waals surface area contributed by atoms with E-state index in [0.717, 1.165) is 12.8 Å². The Balaban J connectivity index is 0.000000306. The van der Waals surface area contributed by atoms with Crippen molar-refractivity contribution in [2.45, 2.75) is 19.3 Å². The maximum atomic E-state index is 10.2. The van der Waals surface area contributed by atoms with E-state index in [1.807, 2.05) is 36.4 Å². The second-order valence-corrected chi connectivity index (χ2v) is 4.67. The van der Waals surface area contributed by atoms with Gasteiger partial charge in [-0.25, -0.2) is 0 Å². The van der Waals surface area contributed by atoms with Crippen molar-refractivity contribution in [1.82, 2.24) is 0 Å². The quantitative estimate of drug-likeness (QED) is 0.806. The summed E-state index contributed by atoms with van der Waals surface area (Å²) in [5.41, 5.74) is 0.646. The van der Waals surface area contributed by atoms with E-state index in [9.17, 15) is 9.59 Å². The highest BCUT2D eigenvalue weighted by molar-refractivity contribution is 5.80. The van der Waals surface area contributed by atoms with Gasteiger partial charge in [0, 0.05) is 0 Å². The van der Waals surface area contributed by atoms with E-state index in [1.54, 1.807) is 0 Å². The Hall–Kier alpha value is -2.62. The van der Waals surface area contributed by atoms with Crippen molar-refractivity contribution in [1.29, 1.82) is 0 Å². The summed E-state index contributed by atoms with van der Waals surface area (Å²) < 4.78 is 0. The normalized spacial score (nSPS) is 13.1. The molecule has 4 nitrogen and oxygen atoms in total. The van der Waals surface area contributed by atoms with Crippen molar-refractivity contribution in [2.75, 3.05) is 0 Å². The molecule has 1 aromatic rings. The van der Waals surface area contributed by atoms with Crippen LogP contribution in [0.5, 0.6) is 0 Å². The second-order valence-electron chi connectivity index (χ2n) is 4.67. The molecule has 0 heterocycles. The molecular formula is C18H22O4. The Morgan fingerprint density at radius 3 is 1.77 bits per heavy atom. The van der Waals surface area contributed by atoms with E-state index < -0.39 is 17.4 Å². The lowest BCUT2D eigenvalue weighted by Gasteiger charge is -1.97. The second kappa shape index (κ2) is 10.2. The molecule has 0 unspecified atom stereocenters. The van der Waals surface area contributed by atoms with Crippen LogP contribution in [0.1, 0.15) is 24.8 Å². The van der Waals surface area contributed by atoms with E-state index in [1.165, 1.54) is 17.7 Å². The maximum absolute atomic E-state index is 10.2. The standard InChI is InChI=1S/C8H8.C6H8O2.C4H6O2/c1-2-8-6-4-3-5-7-8;1-2-6(3-4-6)5(7)8;1-2-3-4(5)6/h2-7H,1H2;2H,1,3-4H2,(H,7,8);2H,1,3H2,(H,5,6). The van der Waals surface area contributed by atoms with Crippen LogP contribution in [0.25, 0.3) is 6.08 Å². The number of benzene rings is 1. The lowest BCUT2D eigenvalue weighted by atomic mass is 10.1. The minimum atomic E-state index is -0.829. The highest BCUT2D eigenvalue weighted by atomic mass is 16.4. The zero-order chi connectivity index (χ0) is 17.0. The highest BCUT2D eigenvalue weighted by Gasteiger charge is 2.47. The average molecular weight is 302 g/mol. The molecule has 0 atom stereocenters. The van der Waals surface area contributed by atoms with Crippen molar-refractivity contribution in [3.8, 4) is 0 Å². The van der Waals surface area contributed by atoms with Gasteiger partial charge in [-0.05, 0) is 18.4 Å². The van der Waals surface area contributed by atoms with Gasteiger partial charge in [-0.2, -0.15) is 0 Å². The molecule has 0 saturated heterocycles. The van der Waals surface area contributed by atoms with Gasteiger partial charge in [-0.15, -0.1) is 13.2 Å². The lowest BCUT2D eigenvalue weighted by molar-refractivity contribution is -0.141. The van der Waals surface area contributed by atoms with Crippen LogP contribution in [-0.2, 0) is 9.59 Å². The fourth-order valence-electron chi connectivity index (χ4n) is 1.35. The van der Waals surface area contributed by atoms with Gasteiger partial charge in [0.25, 0.3) is 0 Å². The summed E-state index contributed by atoms with van der Waals surface area (Å²) in [5, 5.41) is 16.3. The smallest absolute Gasteiger partial charge is 0.313 e. The average Bonchev–Trinajstić information content (AvgIpc) is 3.30. The molecule has 0 aliphatic heterocycles. The molecule has 1 saturated carbocycles. The van der Waals surface area contributed by atoms with Crippen molar-refractivity contribution in [2.24, 2.45) is 5.41 Å². The Morgan fingerprint density at radius 2 is 1.64 bits per heavy atom. The molecule has 0 radical (unpaired) electrons. The number of rotatable bonds is 5. The van der Waals surface area contributed by atoms with Gasteiger partial charge in [0.1, 0.15) is 0 Å². The Morgan fingerprint density at radius 1 is 1.09 bits per heavy atom. The predicted octanol–water partition coefficient (Wildman–Crippen LogP) is 4.01. The largest absolute Gasteiger partial charge is 0.481 e. The van der Waals surface area contributed by atoms with Gasteiger partial charge >= 0.3 is 11.9 Å². The summed E-state index contributed by atoms with van der Waals surface area (Å²) in [5.74, 6) is -1.56. The SMILES string of the molecule is C=CC1(C(=O)O)CC1.C=CCC(=O)O.C=Cc1ccccc1. The monoisotopic (exact) mass is 302 g/mol. The summed E-state index contributed by atoms with van der Waals surface area (Å²) in [4.78, 5) is 19.8. The van der Waals surface area contributed by atoms with Crippen LogP contribution in [0.15, 0.2) is 62.2 Å². The Kier molecular flexibility index (Phi) is 8.95. The summed E-state index contributed by atoms with van der Waals surface area (Å²) in [7, 11) is 0. The summed E-state index contributed by atoms with van der Waals surface area (Å²) in [6, 6.07) is 10.0. The molecule has 0 bridgehead atoms. The van der Waals surface area contributed by atoms with Crippen molar-refractivity contribution in [3.05, 3.63) is 67.8 Å². The molecule has 2 N–H and O–H groups in total. The minimum absolute atomic E-state index is 0.0556. The number of aliphatic carboxylic acids is 2. The number of carbonyl (C=O) groups is 2. The van der Waals surface area contributed by atoms with E-state index >= 15 is 0 Å². The molecule has 0 amide bonds. The van der Waals surface area contributed by atoms with Crippen LogP contribution >= 0.6 is 0 Å². The van der Waals surface area contributed by atoms with Gasteiger partial charge in [0.2, 0.25) is 0 Å². The van der Waals surface area contributed by atoms with Crippen LogP contribution in [0, 0.1) is 5.41 Å². The van der Waals surface area contributed by atoms with Crippen LogP contribution in [0.4, 0.5) is 0 Å². The van der Waals surface area contributed by atoms with E-state index in [2.05, 4.69) is 19.7 Å². The third-order valence-corrected chi connectivity index (χ3v) is 2.96. The molecule has 22 heavy (non-hydrogen) atoms. The Labute approximate surface area is 131 Å². The molecule has 1 aromatic carbocycles. The van der Waals surface area contributed by atoms with Gasteiger partial charge in [0.05, 0.1) is 11.8 Å². The number of carboxylic acid groups (broad SMARTS) is 2. The molecular weight excluding hydrogens is 280 g/mol. The van der Waals surface area contributed by atoms with E-state index in [0.29, 0.717) is 0 Å². The lowest BCUT2D eigenvalue weighted by Crippen LogP contribution is -2.10. The van der Waals surface area contributed by atoms with Crippen LogP contribution in [-0.4, -0.2) is 22.2 Å². The first-order valence-electron chi connectivity index (χ1n) is 6.79.